The summed E-state index contributed by atoms with van der Waals surface area (Å²) >= 11 is 15.2. The Kier molecular flexibility index (Phi) is 16.1. The fourth-order valence-corrected chi connectivity index (χ4v) is 41.8. The van der Waals surface area contributed by atoms with Crippen molar-refractivity contribution in [2.75, 3.05) is 19.6 Å². The van der Waals surface area contributed by atoms with E-state index in [9.17, 15) is 0 Å². The van der Waals surface area contributed by atoms with Crippen molar-refractivity contribution < 1.29 is 0 Å². The van der Waals surface area contributed by atoms with Gasteiger partial charge < -0.3 is 0 Å². The minimum absolute atomic E-state index is 0.571. The van der Waals surface area contributed by atoms with Crippen molar-refractivity contribution in [2.45, 2.75) is 116 Å². The molecule has 13 heteroatoms. The molecule has 3 aliphatic heterocycles. The van der Waals surface area contributed by atoms with E-state index in [0.717, 1.165) is 51.9 Å². The van der Waals surface area contributed by atoms with Gasteiger partial charge in [0, 0.05) is 0 Å². The average Bonchev–Trinajstić information content (AvgIpc) is 2.89. The van der Waals surface area contributed by atoms with Crippen LogP contribution in [0.3, 0.4) is 0 Å². The van der Waals surface area contributed by atoms with Gasteiger partial charge in [-0.25, -0.2) is 0 Å². The molecular weight excluding hydrogens is 680 g/mol. The van der Waals surface area contributed by atoms with E-state index in [1.807, 2.05) is 25.8 Å². The zero-order chi connectivity index (χ0) is 26.6. The van der Waals surface area contributed by atoms with Crippen LogP contribution in [0.25, 0.3) is 0 Å². The van der Waals surface area contributed by atoms with E-state index in [0.29, 0.717) is 18.1 Å². The molecular formula is C24H45InN6S6. The quantitative estimate of drug-likeness (QED) is 0.233. The molecule has 3 aliphatic rings. The number of piperidine rings is 3. The van der Waals surface area contributed by atoms with Crippen LogP contribution in [0.1, 0.15) is 97.8 Å². The van der Waals surface area contributed by atoms with Crippen molar-refractivity contribution in [3.05, 3.63) is 0 Å². The van der Waals surface area contributed by atoms with Crippen molar-refractivity contribution in [2.24, 2.45) is 0 Å². The Labute approximate surface area is 257 Å². The molecule has 3 saturated heterocycles. The summed E-state index contributed by atoms with van der Waals surface area (Å²) in [6.45, 7) is 10.0. The Hall–Kier alpha value is 1.47. The summed E-state index contributed by atoms with van der Waals surface area (Å²) in [7, 11) is 5.60. The third-order valence-corrected chi connectivity index (χ3v) is 37.2. The first kappa shape index (κ1) is 33.0. The van der Waals surface area contributed by atoms with Gasteiger partial charge in [0.1, 0.15) is 0 Å². The molecule has 0 aromatic carbocycles. The maximum atomic E-state index is 5.90. The van der Waals surface area contributed by atoms with Gasteiger partial charge in [-0.3, -0.25) is 0 Å². The fourth-order valence-electron chi connectivity index (χ4n) is 5.48. The molecule has 210 valence electrons. The molecule has 0 amide bonds. The summed E-state index contributed by atoms with van der Waals surface area (Å²) in [6.07, 6.45) is 14.9. The number of thiocarbonyl (C=S) groups is 3. The standard InChI is InChI=1S/3C8H16N2S2.In/c3*1-2-7-5-3-4-6-10(7)9-8(11)12;/h3*7H,2-6H2,1H3,(H2,9,11,12);/q;;;+3/p-3. The van der Waals surface area contributed by atoms with E-state index >= 15 is 0 Å². The second-order valence-corrected chi connectivity index (χ2v) is 37.2. The first-order valence-electron chi connectivity index (χ1n) is 14.1. The normalized spacial score (nSPS) is 25.9. The Balaban J connectivity index is 1.60. The van der Waals surface area contributed by atoms with Crippen LogP contribution in [0.15, 0.2) is 0 Å². The van der Waals surface area contributed by atoms with Crippen LogP contribution in [0, 0.1) is 0 Å². The third kappa shape index (κ3) is 11.3. The zero-order valence-corrected chi connectivity index (χ0v) is 30.9. The maximum absolute atomic E-state index is 5.90. The van der Waals surface area contributed by atoms with Crippen molar-refractivity contribution >= 4 is 92.5 Å². The van der Waals surface area contributed by atoms with E-state index in [2.05, 4.69) is 52.1 Å². The molecule has 3 fully saturated rings. The van der Waals surface area contributed by atoms with Crippen LogP contribution in [0.5, 0.6) is 0 Å². The van der Waals surface area contributed by atoms with Crippen LogP contribution in [0.4, 0.5) is 0 Å². The van der Waals surface area contributed by atoms with E-state index in [-0.39, 0.29) is 0 Å². The molecule has 0 spiro atoms. The van der Waals surface area contributed by atoms with Gasteiger partial charge in [0.25, 0.3) is 0 Å². The molecule has 0 aromatic rings. The summed E-state index contributed by atoms with van der Waals surface area (Å²) in [4.78, 5) is 0. The number of nitrogens with one attached hydrogen (secondary N) is 3. The van der Waals surface area contributed by atoms with Crippen molar-refractivity contribution in [1.82, 2.24) is 31.3 Å². The Morgan fingerprint density at radius 1 is 0.595 bits per heavy atom. The first-order valence-corrected chi connectivity index (χ1v) is 30.1. The average molecular weight is 725 g/mol. The van der Waals surface area contributed by atoms with E-state index in [1.165, 1.54) is 57.8 Å². The molecule has 0 bridgehead atoms. The van der Waals surface area contributed by atoms with Gasteiger partial charge in [0.15, 0.2) is 0 Å². The molecule has 0 saturated carbocycles. The topological polar surface area (TPSA) is 45.8 Å². The van der Waals surface area contributed by atoms with Gasteiger partial charge in [0.05, 0.1) is 0 Å². The van der Waals surface area contributed by atoms with Crippen LogP contribution >= 0.6 is 62.4 Å². The van der Waals surface area contributed by atoms with E-state index < -0.39 is 17.1 Å². The Morgan fingerprint density at radius 3 is 1.16 bits per heavy atom. The van der Waals surface area contributed by atoms with Crippen LogP contribution in [-0.4, -0.2) is 82.8 Å². The van der Waals surface area contributed by atoms with Crippen molar-refractivity contribution in [3.8, 4) is 0 Å². The number of nitrogens with zero attached hydrogens (tertiary/aromatic N) is 3. The molecule has 3 heterocycles. The number of hydrogen-bond donors (Lipinski definition) is 3. The van der Waals surface area contributed by atoms with Crippen LogP contribution in [-0.2, 0) is 0 Å². The second kappa shape index (κ2) is 18.1. The van der Waals surface area contributed by atoms with Crippen LogP contribution in [0.2, 0.25) is 0 Å². The number of rotatable bonds is 9. The zero-order valence-electron chi connectivity index (χ0n) is 22.7. The molecule has 0 radical (unpaired) electrons. The molecule has 3 rings (SSSR count). The van der Waals surface area contributed by atoms with E-state index in [4.69, 9.17) is 36.7 Å². The van der Waals surface area contributed by atoms with Gasteiger partial charge >= 0.3 is 259 Å². The molecule has 6 nitrogen and oxygen atoms in total. The summed E-state index contributed by atoms with van der Waals surface area (Å²) in [5, 5.41) is 7.14. The minimum atomic E-state index is -2.51. The number of hydrazine groups is 3. The van der Waals surface area contributed by atoms with Gasteiger partial charge in [-0.15, -0.1) is 0 Å². The molecule has 0 aliphatic carbocycles. The summed E-state index contributed by atoms with van der Waals surface area (Å²) in [6, 6.07) is 1.71. The molecule has 37 heavy (non-hydrogen) atoms. The molecule has 3 unspecified atom stereocenters. The predicted octanol–water partition coefficient (Wildman–Crippen LogP) is 6.33. The summed E-state index contributed by atoms with van der Waals surface area (Å²) in [5.41, 5.74) is 10.8. The molecule has 3 N–H and O–H groups in total. The Bertz CT molecular complexity index is 653. The first-order chi connectivity index (χ1) is 17.9. The van der Waals surface area contributed by atoms with E-state index in [1.54, 1.807) is 0 Å². The van der Waals surface area contributed by atoms with Gasteiger partial charge in [-0.1, -0.05) is 0 Å². The van der Waals surface area contributed by atoms with Gasteiger partial charge in [0.2, 0.25) is 0 Å². The Morgan fingerprint density at radius 2 is 0.892 bits per heavy atom. The van der Waals surface area contributed by atoms with Gasteiger partial charge in [-0.2, -0.15) is 0 Å². The molecule has 3 atom stereocenters. The van der Waals surface area contributed by atoms with Crippen molar-refractivity contribution in [1.29, 1.82) is 0 Å². The van der Waals surface area contributed by atoms with Gasteiger partial charge in [-0.05, 0) is 0 Å². The SMILES string of the molecule is CCC1CCCCN1NC(=S)[S][In]([S]C(=S)NN1CCCCC1CC)[S]C(=S)NN1CCCCC1CC. The van der Waals surface area contributed by atoms with Crippen LogP contribution < -0.4 is 16.3 Å². The second-order valence-electron chi connectivity index (χ2n) is 10.1. The fraction of sp³-hybridized carbons (Fsp3) is 0.875. The number of hydrogen-bond acceptors (Lipinski definition) is 9. The van der Waals surface area contributed by atoms with Crippen molar-refractivity contribution in [3.63, 3.8) is 0 Å². The molecule has 0 aromatic heterocycles. The summed E-state index contributed by atoms with van der Waals surface area (Å²) < 4.78 is 2.67. The predicted molar refractivity (Wildman–Crippen MR) is 180 cm³/mol. The summed E-state index contributed by atoms with van der Waals surface area (Å²) in [5.74, 6) is 0. The third-order valence-electron chi connectivity index (χ3n) is 7.61. The monoisotopic (exact) mass is 724 g/mol.